The predicted octanol–water partition coefficient (Wildman–Crippen LogP) is 18.4. The van der Waals surface area contributed by atoms with Crippen LogP contribution in [-0.2, 0) is 65.4 Å². The van der Waals surface area contributed by atoms with Gasteiger partial charge in [-0.25, -0.2) is 9.13 Å². The molecule has 0 aliphatic rings. The van der Waals surface area contributed by atoms with Crippen molar-refractivity contribution in [1.29, 1.82) is 0 Å². The SMILES string of the molecule is CCCCCCCCCCCCCCCC(=O)O[C@H](COC(=O)CCCCCCC)COP(=O)(O)OC[C@H](O)COP(=O)(O)OC[C@@H](COC(=O)CCCCCCCCCCCCC(C)C)OC(=O)CCCCCCCCCCCCCC(C)C. The first-order chi connectivity index (χ1) is 40.9. The number of phosphoric ester groups is 2. The molecule has 0 amide bonds. The van der Waals surface area contributed by atoms with E-state index in [0.717, 1.165) is 108 Å². The van der Waals surface area contributed by atoms with Crippen LogP contribution in [0.15, 0.2) is 0 Å². The Bertz CT molecular complexity index is 1670. The van der Waals surface area contributed by atoms with Crippen molar-refractivity contribution < 1.29 is 80.2 Å². The number of carbonyl (C=O) groups excluding carboxylic acids is 4. The third kappa shape index (κ3) is 60.7. The predicted molar refractivity (Wildman–Crippen MR) is 340 cm³/mol. The number of hydrogen-bond acceptors (Lipinski definition) is 15. The summed E-state index contributed by atoms with van der Waals surface area (Å²) in [7, 11) is -9.88. The number of unbranched alkanes of at least 4 members (excludes halogenated alkanes) is 35. The third-order valence-corrected chi connectivity index (χ3v) is 17.1. The van der Waals surface area contributed by atoms with Crippen molar-refractivity contribution in [2.75, 3.05) is 39.6 Å². The van der Waals surface area contributed by atoms with E-state index < -0.39 is 97.5 Å². The van der Waals surface area contributed by atoms with Gasteiger partial charge in [0.05, 0.1) is 26.4 Å². The fraction of sp³-hybridized carbons (Fsp3) is 0.939. The minimum atomic E-state index is -4.95. The van der Waals surface area contributed by atoms with E-state index in [4.69, 9.17) is 37.0 Å². The van der Waals surface area contributed by atoms with Gasteiger partial charge in [0.2, 0.25) is 0 Å². The number of hydrogen-bond donors (Lipinski definition) is 3. The Morgan fingerprint density at radius 3 is 0.800 bits per heavy atom. The highest BCUT2D eigenvalue weighted by Gasteiger charge is 2.30. The van der Waals surface area contributed by atoms with Crippen LogP contribution in [0.5, 0.6) is 0 Å². The highest BCUT2D eigenvalue weighted by Crippen LogP contribution is 2.45. The van der Waals surface area contributed by atoms with E-state index >= 15 is 0 Å². The van der Waals surface area contributed by atoms with Crippen molar-refractivity contribution in [2.24, 2.45) is 11.8 Å². The van der Waals surface area contributed by atoms with Crippen LogP contribution in [0.2, 0.25) is 0 Å². The maximum atomic E-state index is 13.0. The van der Waals surface area contributed by atoms with Crippen LogP contribution in [0.4, 0.5) is 0 Å². The zero-order chi connectivity index (χ0) is 62.9. The molecule has 504 valence electrons. The summed E-state index contributed by atoms with van der Waals surface area (Å²) in [6, 6.07) is 0. The van der Waals surface area contributed by atoms with Gasteiger partial charge in [-0.2, -0.15) is 0 Å². The topological polar surface area (TPSA) is 237 Å². The Morgan fingerprint density at radius 1 is 0.318 bits per heavy atom. The van der Waals surface area contributed by atoms with Gasteiger partial charge in [0, 0.05) is 25.7 Å². The van der Waals surface area contributed by atoms with Gasteiger partial charge in [0.25, 0.3) is 0 Å². The number of phosphoric acid groups is 2. The van der Waals surface area contributed by atoms with Crippen LogP contribution in [0.3, 0.4) is 0 Å². The van der Waals surface area contributed by atoms with Gasteiger partial charge in [-0.3, -0.25) is 37.3 Å². The zero-order valence-electron chi connectivity index (χ0n) is 54.9. The molecule has 0 heterocycles. The average molecular weight is 1260 g/mol. The second-order valence-corrected chi connectivity index (χ2v) is 27.7. The van der Waals surface area contributed by atoms with E-state index in [2.05, 4.69) is 41.5 Å². The van der Waals surface area contributed by atoms with Crippen LogP contribution < -0.4 is 0 Å². The van der Waals surface area contributed by atoms with Crippen LogP contribution >= 0.6 is 15.6 Å². The van der Waals surface area contributed by atoms with E-state index in [-0.39, 0.29) is 25.7 Å². The first kappa shape index (κ1) is 83.1. The molecule has 0 bridgehead atoms. The molecule has 85 heavy (non-hydrogen) atoms. The van der Waals surface area contributed by atoms with Crippen molar-refractivity contribution in [2.45, 2.75) is 349 Å². The normalized spacial score (nSPS) is 14.2. The quantitative estimate of drug-likeness (QED) is 0.0222. The zero-order valence-corrected chi connectivity index (χ0v) is 56.7. The lowest BCUT2D eigenvalue weighted by atomic mass is 10.0. The third-order valence-electron chi connectivity index (χ3n) is 15.2. The molecule has 0 spiro atoms. The molecular formula is C66H128O17P2. The molecule has 0 aromatic heterocycles. The molecule has 0 saturated carbocycles. The lowest BCUT2D eigenvalue weighted by Gasteiger charge is -2.21. The number of aliphatic hydroxyl groups is 1. The summed E-state index contributed by atoms with van der Waals surface area (Å²) in [5.74, 6) is -0.616. The van der Waals surface area contributed by atoms with E-state index in [0.29, 0.717) is 25.7 Å². The fourth-order valence-corrected chi connectivity index (χ4v) is 11.5. The fourth-order valence-electron chi connectivity index (χ4n) is 9.88. The number of carbonyl (C=O) groups is 4. The van der Waals surface area contributed by atoms with Crippen molar-refractivity contribution in [3.05, 3.63) is 0 Å². The maximum absolute atomic E-state index is 13.0. The number of aliphatic hydroxyl groups excluding tert-OH is 1. The minimum absolute atomic E-state index is 0.106. The molecule has 0 aromatic carbocycles. The highest BCUT2D eigenvalue weighted by molar-refractivity contribution is 7.47. The molecule has 3 N–H and O–H groups in total. The first-order valence-electron chi connectivity index (χ1n) is 34.5. The second kappa shape index (κ2) is 58.4. The van der Waals surface area contributed by atoms with Gasteiger partial charge in [0.15, 0.2) is 12.2 Å². The molecule has 17 nitrogen and oxygen atoms in total. The van der Waals surface area contributed by atoms with E-state index in [1.165, 1.54) is 141 Å². The van der Waals surface area contributed by atoms with E-state index in [1.807, 2.05) is 0 Å². The Balaban J connectivity index is 5.17. The number of ether oxygens (including phenoxy) is 4. The van der Waals surface area contributed by atoms with Crippen LogP contribution in [0.1, 0.15) is 330 Å². The van der Waals surface area contributed by atoms with Gasteiger partial charge < -0.3 is 33.8 Å². The van der Waals surface area contributed by atoms with Crippen molar-refractivity contribution in [1.82, 2.24) is 0 Å². The molecule has 5 atom stereocenters. The van der Waals surface area contributed by atoms with Crippen LogP contribution in [0, 0.1) is 11.8 Å². The minimum Gasteiger partial charge on any atom is -0.462 e. The summed E-state index contributed by atoms with van der Waals surface area (Å²) >= 11 is 0. The maximum Gasteiger partial charge on any atom is 0.472 e. The lowest BCUT2D eigenvalue weighted by Crippen LogP contribution is -2.30. The largest absolute Gasteiger partial charge is 0.472 e. The molecule has 0 radical (unpaired) electrons. The summed E-state index contributed by atoms with van der Waals surface area (Å²) in [5.41, 5.74) is 0. The van der Waals surface area contributed by atoms with Gasteiger partial charge in [-0.15, -0.1) is 0 Å². The lowest BCUT2D eigenvalue weighted by molar-refractivity contribution is -0.161. The first-order valence-corrected chi connectivity index (χ1v) is 37.5. The monoisotopic (exact) mass is 1250 g/mol. The summed E-state index contributed by atoms with van der Waals surface area (Å²) < 4.78 is 67.9. The Labute approximate surface area is 517 Å². The molecular weight excluding hydrogens is 1130 g/mol. The molecule has 0 aliphatic carbocycles. The summed E-state index contributed by atoms with van der Waals surface area (Å²) in [5, 5.41) is 10.5. The van der Waals surface area contributed by atoms with Crippen molar-refractivity contribution >= 4 is 39.5 Å². The molecule has 0 rings (SSSR count). The Hall–Kier alpha value is -1.94. The molecule has 2 unspecified atom stereocenters. The smallest absolute Gasteiger partial charge is 0.462 e. The van der Waals surface area contributed by atoms with E-state index in [9.17, 15) is 43.2 Å². The summed E-state index contributed by atoms with van der Waals surface area (Å²) in [6.45, 7) is 9.43. The van der Waals surface area contributed by atoms with E-state index in [1.54, 1.807) is 0 Å². The molecule has 19 heteroatoms. The molecule has 0 fully saturated rings. The second-order valence-electron chi connectivity index (χ2n) is 24.8. The Morgan fingerprint density at radius 2 is 0.541 bits per heavy atom. The van der Waals surface area contributed by atoms with Crippen molar-refractivity contribution in [3.8, 4) is 0 Å². The number of rotatable bonds is 65. The van der Waals surface area contributed by atoms with Crippen LogP contribution in [0.25, 0.3) is 0 Å². The Kier molecular flexibility index (Phi) is 57.1. The van der Waals surface area contributed by atoms with Crippen LogP contribution in [-0.4, -0.2) is 96.7 Å². The summed E-state index contributed by atoms with van der Waals surface area (Å²) in [4.78, 5) is 72.1. The van der Waals surface area contributed by atoms with Gasteiger partial charge in [0.1, 0.15) is 19.3 Å². The van der Waals surface area contributed by atoms with Gasteiger partial charge in [-0.1, -0.05) is 279 Å². The van der Waals surface area contributed by atoms with Crippen molar-refractivity contribution in [3.63, 3.8) is 0 Å². The van der Waals surface area contributed by atoms with Gasteiger partial charge >= 0.3 is 39.5 Å². The highest BCUT2D eigenvalue weighted by atomic mass is 31.2. The van der Waals surface area contributed by atoms with Gasteiger partial charge in [-0.05, 0) is 37.5 Å². The molecule has 0 aromatic rings. The standard InChI is InChI=1S/C66H128O17P2/c1-7-9-11-13-14-15-16-17-20-27-32-38-44-50-65(70)82-61(54-76-63(68)48-42-34-12-10-8-2)56-80-84(72,73)78-52-60(67)53-79-85(74,75)81-57-62(55-77-64(69)49-43-37-31-26-23-22-25-30-36-41-47-59(5)6)83-66(71)51-45-39-33-28-21-18-19-24-29-35-40-46-58(3)4/h58-62,67H,7-57H2,1-6H3,(H,72,73)(H,74,75)/t60-,61+,62+/m0/s1. The average Bonchev–Trinajstić information content (AvgIpc) is 3.62. The molecule has 0 saturated heterocycles. The number of esters is 4. The summed E-state index contributed by atoms with van der Waals surface area (Å²) in [6.07, 6.45) is 41.9. The molecule has 0 aliphatic heterocycles.